The number of likely N-dealkylation sites (tertiary alicyclic amines) is 1. The minimum Gasteiger partial charge on any atom is -0.459 e. The Morgan fingerprint density at radius 1 is 1.13 bits per heavy atom. The summed E-state index contributed by atoms with van der Waals surface area (Å²) in [6, 6.07) is 11.9. The van der Waals surface area contributed by atoms with Crippen LogP contribution >= 0.6 is 11.3 Å². The molecule has 1 fully saturated rings. The van der Waals surface area contributed by atoms with E-state index < -0.39 is 0 Å². The van der Waals surface area contributed by atoms with Gasteiger partial charge in [0.05, 0.1) is 12.3 Å². The number of carbonyl (C=O) groups excluding carboxylic acids is 1. The van der Waals surface area contributed by atoms with Crippen LogP contribution in [0.25, 0.3) is 0 Å². The van der Waals surface area contributed by atoms with Gasteiger partial charge in [-0.1, -0.05) is 19.4 Å². The van der Waals surface area contributed by atoms with E-state index in [4.69, 9.17) is 13.9 Å². The van der Waals surface area contributed by atoms with Gasteiger partial charge in [-0.2, -0.15) is 0 Å². The molecule has 0 saturated carbocycles. The van der Waals surface area contributed by atoms with Crippen molar-refractivity contribution in [2.45, 2.75) is 38.6 Å². The summed E-state index contributed by atoms with van der Waals surface area (Å²) in [5, 5.41) is 3.99. The van der Waals surface area contributed by atoms with Gasteiger partial charge < -0.3 is 19.2 Å². The molecule has 7 heteroatoms. The number of amides is 1. The second kappa shape index (κ2) is 8.77. The molecule has 0 radical (unpaired) electrons. The summed E-state index contributed by atoms with van der Waals surface area (Å²) in [4.78, 5) is 16.5. The minimum absolute atomic E-state index is 0.0400. The van der Waals surface area contributed by atoms with Gasteiger partial charge in [0.1, 0.15) is 5.00 Å². The summed E-state index contributed by atoms with van der Waals surface area (Å²) in [6.45, 7) is 4.46. The lowest BCUT2D eigenvalue weighted by molar-refractivity contribution is 0.0996. The highest BCUT2D eigenvalue weighted by Crippen LogP contribution is 2.43. The predicted octanol–water partition coefficient (Wildman–Crippen LogP) is 5.46. The molecule has 2 aromatic heterocycles. The zero-order chi connectivity index (χ0) is 21.2. The molecule has 162 valence electrons. The maximum atomic E-state index is 12.8. The van der Waals surface area contributed by atoms with Crippen molar-refractivity contribution >= 4 is 22.2 Å². The fourth-order valence-electron chi connectivity index (χ4n) is 4.35. The number of hydrogen-bond acceptors (Lipinski definition) is 6. The Bertz CT molecular complexity index is 1050. The van der Waals surface area contributed by atoms with E-state index in [1.54, 1.807) is 23.5 Å². The highest BCUT2D eigenvalue weighted by molar-refractivity contribution is 7.16. The van der Waals surface area contributed by atoms with Crippen molar-refractivity contribution in [1.82, 2.24) is 4.90 Å². The molecule has 1 atom stereocenters. The van der Waals surface area contributed by atoms with Gasteiger partial charge >= 0.3 is 0 Å². The van der Waals surface area contributed by atoms with Crippen LogP contribution in [-0.4, -0.2) is 30.7 Å². The lowest BCUT2D eigenvalue weighted by atomic mass is 9.95. The molecule has 6 nitrogen and oxygen atoms in total. The molecule has 1 saturated heterocycles. The number of fused-ring (bicyclic) bond motifs is 1. The molecule has 3 aromatic rings. The van der Waals surface area contributed by atoms with Gasteiger partial charge in [0.2, 0.25) is 6.79 Å². The first-order valence-corrected chi connectivity index (χ1v) is 11.7. The topological polar surface area (TPSA) is 63.9 Å². The van der Waals surface area contributed by atoms with E-state index >= 15 is 0 Å². The molecule has 31 heavy (non-hydrogen) atoms. The van der Waals surface area contributed by atoms with E-state index in [0.29, 0.717) is 5.76 Å². The third-order valence-electron chi connectivity index (χ3n) is 5.90. The molecule has 1 aromatic carbocycles. The number of rotatable bonds is 6. The Hall–Kier alpha value is -2.77. The number of furan rings is 1. The highest BCUT2D eigenvalue weighted by atomic mass is 32.1. The van der Waals surface area contributed by atoms with Crippen molar-refractivity contribution < 1.29 is 18.7 Å². The molecule has 0 aliphatic carbocycles. The molecular formula is C24H26N2O4S. The average Bonchev–Trinajstić information content (AvgIpc) is 3.56. The molecule has 1 N–H and O–H groups in total. The minimum atomic E-state index is -0.223. The highest BCUT2D eigenvalue weighted by Gasteiger charge is 2.30. The Kier molecular flexibility index (Phi) is 5.70. The third kappa shape index (κ3) is 4.07. The van der Waals surface area contributed by atoms with Gasteiger partial charge in [0.15, 0.2) is 17.3 Å². The second-order valence-corrected chi connectivity index (χ2v) is 9.03. The van der Waals surface area contributed by atoms with Crippen molar-refractivity contribution in [3.8, 4) is 11.5 Å². The van der Waals surface area contributed by atoms with Crippen molar-refractivity contribution in [3.63, 3.8) is 0 Å². The van der Waals surface area contributed by atoms with Gasteiger partial charge in [0, 0.05) is 10.4 Å². The van der Waals surface area contributed by atoms with Crippen molar-refractivity contribution in [3.05, 3.63) is 64.4 Å². The van der Waals surface area contributed by atoms with Crippen LogP contribution in [0.2, 0.25) is 0 Å². The largest absolute Gasteiger partial charge is 0.459 e. The molecule has 4 heterocycles. The number of ether oxygens (including phenoxy) is 2. The standard InChI is InChI=1S/C24H26N2O4S/c1-2-17-14-18(24(31-17)25-23(27)20-7-6-12-28-20)22(26-10-4-3-5-11-26)16-8-9-19-21(13-16)30-15-29-19/h6-9,12-14,22H,2-5,10-11,15H2,1H3,(H,25,27). The maximum Gasteiger partial charge on any atom is 0.291 e. The predicted molar refractivity (Wildman–Crippen MR) is 120 cm³/mol. The smallest absolute Gasteiger partial charge is 0.291 e. The Labute approximate surface area is 185 Å². The van der Waals surface area contributed by atoms with Crippen molar-refractivity contribution in [2.75, 3.05) is 25.2 Å². The van der Waals surface area contributed by atoms with Gasteiger partial charge in [-0.05, 0) is 68.2 Å². The van der Waals surface area contributed by atoms with Crippen molar-refractivity contribution in [1.29, 1.82) is 0 Å². The van der Waals surface area contributed by atoms with Crippen LogP contribution in [0, 0.1) is 0 Å². The quantitative estimate of drug-likeness (QED) is 0.554. The van der Waals surface area contributed by atoms with Gasteiger partial charge in [-0.3, -0.25) is 9.69 Å². The summed E-state index contributed by atoms with van der Waals surface area (Å²) in [7, 11) is 0. The fourth-order valence-corrected chi connectivity index (χ4v) is 5.38. The van der Waals surface area contributed by atoms with E-state index in [2.05, 4.69) is 35.3 Å². The van der Waals surface area contributed by atoms with E-state index in [1.165, 1.54) is 30.4 Å². The monoisotopic (exact) mass is 438 g/mol. The lowest BCUT2D eigenvalue weighted by Crippen LogP contribution is -2.34. The number of carbonyl (C=O) groups is 1. The summed E-state index contributed by atoms with van der Waals surface area (Å²) >= 11 is 1.64. The van der Waals surface area contributed by atoms with Crippen molar-refractivity contribution in [2.24, 2.45) is 0 Å². The van der Waals surface area contributed by atoms with E-state index in [9.17, 15) is 4.79 Å². The van der Waals surface area contributed by atoms with Gasteiger partial charge in [0.25, 0.3) is 5.91 Å². The normalized spacial score (nSPS) is 16.9. The molecule has 5 rings (SSSR count). The number of thiophene rings is 1. The van der Waals surface area contributed by atoms with Crippen LogP contribution < -0.4 is 14.8 Å². The number of hydrogen-bond donors (Lipinski definition) is 1. The molecule has 0 bridgehead atoms. The molecule has 0 spiro atoms. The number of aryl methyl sites for hydroxylation is 1. The molecular weight excluding hydrogens is 412 g/mol. The zero-order valence-corrected chi connectivity index (χ0v) is 18.4. The van der Waals surface area contributed by atoms with E-state index in [-0.39, 0.29) is 18.7 Å². The summed E-state index contributed by atoms with van der Waals surface area (Å²) in [6.07, 6.45) is 6.06. The number of nitrogens with zero attached hydrogens (tertiary/aromatic N) is 1. The Balaban J connectivity index is 1.55. The summed E-state index contributed by atoms with van der Waals surface area (Å²) in [5.41, 5.74) is 2.28. The Morgan fingerprint density at radius 3 is 2.74 bits per heavy atom. The number of anilines is 1. The first-order chi connectivity index (χ1) is 15.2. The van der Waals surface area contributed by atoms with E-state index in [1.807, 2.05) is 6.07 Å². The fraction of sp³-hybridized carbons (Fsp3) is 0.375. The van der Waals surface area contributed by atoms with Gasteiger partial charge in [-0.25, -0.2) is 0 Å². The van der Waals surface area contributed by atoms with Crippen LogP contribution in [0.5, 0.6) is 11.5 Å². The maximum absolute atomic E-state index is 12.8. The number of benzene rings is 1. The first kappa shape index (κ1) is 20.2. The molecule has 1 amide bonds. The van der Waals surface area contributed by atoms with Crippen LogP contribution in [-0.2, 0) is 6.42 Å². The zero-order valence-electron chi connectivity index (χ0n) is 17.6. The SMILES string of the molecule is CCc1cc(C(c2ccc3c(c2)OCO3)N2CCCCC2)c(NC(=O)c2ccco2)s1. The number of piperidine rings is 1. The third-order valence-corrected chi connectivity index (χ3v) is 7.11. The molecule has 2 aliphatic heterocycles. The number of nitrogens with one attached hydrogen (secondary N) is 1. The molecule has 2 aliphatic rings. The first-order valence-electron chi connectivity index (χ1n) is 10.8. The average molecular weight is 439 g/mol. The van der Waals surface area contributed by atoms with Crippen LogP contribution in [0.15, 0.2) is 47.1 Å². The van der Waals surface area contributed by atoms with Gasteiger partial charge in [-0.15, -0.1) is 11.3 Å². The molecule has 1 unspecified atom stereocenters. The van der Waals surface area contributed by atoms with Crippen LogP contribution in [0.3, 0.4) is 0 Å². The summed E-state index contributed by atoms with van der Waals surface area (Å²) in [5.74, 6) is 1.66. The second-order valence-electron chi connectivity index (χ2n) is 7.89. The van der Waals surface area contributed by atoms with Crippen LogP contribution in [0.4, 0.5) is 5.00 Å². The van der Waals surface area contributed by atoms with Crippen LogP contribution in [0.1, 0.15) is 58.8 Å². The summed E-state index contributed by atoms with van der Waals surface area (Å²) < 4.78 is 16.5. The lowest BCUT2D eigenvalue weighted by Gasteiger charge is -2.35. The van der Waals surface area contributed by atoms with E-state index in [0.717, 1.165) is 47.1 Å². The Morgan fingerprint density at radius 2 is 1.97 bits per heavy atom.